The van der Waals surface area contributed by atoms with Crippen LogP contribution in [0.15, 0.2) is 47.6 Å². The van der Waals surface area contributed by atoms with Crippen molar-refractivity contribution in [3.8, 4) is 0 Å². The molecular weight excluding hydrogens is 470 g/mol. The maximum Gasteiger partial charge on any atom is 0.294 e. The number of aliphatic imine (C=N–C) groups is 1. The SMILES string of the molecule is C[C@@H]1C[C@H](N2C(=O)C[C@@](C)(c3cccc(NC(=O)c4nnc5ccccn45)c3Cl)N=C2N)CCO1. The standard InChI is InChI=1S/C24H26ClN7O3/c1-14-12-15(9-11-35-14)32-19(33)13-24(2,28-23(32)26)16-6-5-7-17(20(16)25)27-22(34)21-30-29-18-8-3-4-10-31(18)21/h3-8,10,14-15H,9,11-13H2,1-2H3,(H2,26,28)(H,27,34)/t14-,15-,24+/m1/s1. The number of carbonyl (C=O) groups is 2. The Kier molecular flexibility index (Phi) is 5.94. The van der Waals surface area contributed by atoms with Crippen molar-refractivity contribution in [2.45, 2.75) is 50.8 Å². The number of anilines is 1. The van der Waals surface area contributed by atoms with Crippen LogP contribution < -0.4 is 11.1 Å². The largest absolute Gasteiger partial charge is 0.378 e. The number of amides is 2. The lowest BCUT2D eigenvalue weighted by atomic mass is 9.86. The minimum absolute atomic E-state index is 0.0429. The number of aromatic nitrogens is 3. The van der Waals surface area contributed by atoms with Gasteiger partial charge in [-0.3, -0.25) is 18.9 Å². The molecule has 11 heteroatoms. The van der Waals surface area contributed by atoms with Crippen LogP contribution in [0.2, 0.25) is 5.02 Å². The lowest BCUT2D eigenvalue weighted by molar-refractivity contribution is -0.133. The van der Waals surface area contributed by atoms with E-state index in [1.54, 1.807) is 45.8 Å². The fourth-order valence-electron chi connectivity index (χ4n) is 4.83. The van der Waals surface area contributed by atoms with Crippen LogP contribution in [0.4, 0.5) is 5.69 Å². The Morgan fingerprint density at radius 2 is 2.09 bits per heavy atom. The van der Waals surface area contributed by atoms with Gasteiger partial charge in [-0.15, -0.1) is 10.2 Å². The number of carbonyl (C=O) groups excluding carboxylic acids is 2. The minimum Gasteiger partial charge on any atom is -0.378 e. The summed E-state index contributed by atoms with van der Waals surface area (Å²) < 4.78 is 7.20. The Bertz CT molecular complexity index is 1340. The highest BCUT2D eigenvalue weighted by Gasteiger charge is 2.42. The number of hydrogen-bond acceptors (Lipinski definition) is 7. The molecule has 4 heterocycles. The van der Waals surface area contributed by atoms with E-state index in [0.29, 0.717) is 36.3 Å². The lowest BCUT2D eigenvalue weighted by Gasteiger charge is -2.41. The summed E-state index contributed by atoms with van der Waals surface area (Å²) in [5.41, 5.74) is 6.88. The third-order valence-electron chi connectivity index (χ3n) is 6.54. The highest BCUT2D eigenvalue weighted by atomic mass is 35.5. The van der Waals surface area contributed by atoms with Crippen LogP contribution in [0.1, 0.15) is 49.3 Å². The summed E-state index contributed by atoms with van der Waals surface area (Å²) in [6.07, 6.45) is 3.28. The number of ether oxygens (including phenoxy) is 1. The monoisotopic (exact) mass is 495 g/mol. The predicted octanol–water partition coefficient (Wildman–Crippen LogP) is 2.96. The first-order valence-electron chi connectivity index (χ1n) is 11.5. The number of nitrogens with zero attached hydrogens (tertiary/aromatic N) is 5. The maximum atomic E-state index is 13.2. The van der Waals surface area contributed by atoms with Gasteiger partial charge in [-0.05, 0) is 44.9 Å². The van der Waals surface area contributed by atoms with Crippen molar-refractivity contribution >= 4 is 40.7 Å². The first-order valence-corrected chi connectivity index (χ1v) is 11.8. The smallest absolute Gasteiger partial charge is 0.294 e. The molecule has 0 unspecified atom stereocenters. The van der Waals surface area contributed by atoms with Gasteiger partial charge in [0.05, 0.1) is 28.8 Å². The molecule has 2 aliphatic rings. The number of halogens is 1. The number of guanidine groups is 1. The van der Waals surface area contributed by atoms with Crippen molar-refractivity contribution in [1.29, 1.82) is 0 Å². The van der Waals surface area contributed by atoms with E-state index < -0.39 is 11.4 Å². The molecule has 5 rings (SSSR count). The molecule has 1 aromatic carbocycles. The van der Waals surface area contributed by atoms with Gasteiger partial charge in [0.25, 0.3) is 5.91 Å². The number of benzene rings is 1. The van der Waals surface area contributed by atoms with Crippen LogP contribution in [0.5, 0.6) is 0 Å². The molecule has 1 saturated heterocycles. The van der Waals surface area contributed by atoms with E-state index >= 15 is 0 Å². The Morgan fingerprint density at radius 3 is 2.86 bits per heavy atom. The van der Waals surface area contributed by atoms with Gasteiger partial charge < -0.3 is 15.8 Å². The van der Waals surface area contributed by atoms with Crippen molar-refractivity contribution in [3.05, 3.63) is 59.0 Å². The van der Waals surface area contributed by atoms with Crippen LogP contribution in [-0.4, -0.2) is 56.0 Å². The number of pyridine rings is 1. The van der Waals surface area contributed by atoms with Crippen LogP contribution in [0.3, 0.4) is 0 Å². The molecule has 1 fully saturated rings. The molecule has 35 heavy (non-hydrogen) atoms. The molecular formula is C24H26ClN7O3. The van der Waals surface area contributed by atoms with Gasteiger partial charge in [0.15, 0.2) is 11.6 Å². The minimum atomic E-state index is -0.978. The summed E-state index contributed by atoms with van der Waals surface area (Å²) in [6.45, 7) is 4.38. The fraction of sp³-hybridized carbons (Fsp3) is 0.375. The summed E-state index contributed by atoms with van der Waals surface area (Å²) in [6, 6.07) is 10.5. The molecule has 2 amide bonds. The van der Waals surface area contributed by atoms with Crippen LogP contribution >= 0.6 is 11.6 Å². The second-order valence-corrected chi connectivity index (χ2v) is 9.50. The van der Waals surface area contributed by atoms with Crippen molar-refractivity contribution in [3.63, 3.8) is 0 Å². The number of nitrogens with one attached hydrogen (secondary N) is 1. The third-order valence-corrected chi connectivity index (χ3v) is 6.95. The molecule has 0 aliphatic carbocycles. The van der Waals surface area contributed by atoms with Gasteiger partial charge in [-0.25, -0.2) is 4.99 Å². The summed E-state index contributed by atoms with van der Waals surface area (Å²) in [7, 11) is 0. The summed E-state index contributed by atoms with van der Waals surface area (Å²) in [5.74, 6) is -0.275. The van der Waals surface area contributed by atoms with Crippen LogP contribution in [0.25, 0.3) is 5.65 Å². The average molecular weight is 496 g/mol. The molecule has 182 valence electrons. The van der Waals surface area contributed by atoms with E-state index in [-0.39, 0.29) is 41.3 Å². The molecule has 0 saturated carbocycles. The predicted molar refractivity (Wildman–Crippen MR) is 131 cm³/mol. The van der Waals surface area contributed by atoms with Crippen LogP contribution in [-0.2, 0) is 15.1 Å². The number of rotatable bonds is 4. The number of fused-ring (bicyclic) bond motifs is 1. The van der Waals surface area contributed by atoms with E-state index in [4.69, 9.17) is 27.1 Å². The molecule has 0 bridgehead atoms. The van der Waals surface area contributed by atoms with Gasteiger partial charge >= 0.3 is 0 Å². The molecule has 3 N–H and O–H groups in total. The van der Waals surface area contributed by atoms with E-state index in [2.05, 4.69) is 15.5 Å². The molecule has 0 radical (unpaired) electrons. The average Bonchev–Trinajstić information content (AvgIpc) is 3.24. The lowest BCUT2D eigenvalue weighted by Crippen LogP contribution is -2.56. The van der Waals surface area contributed by atoms with E-state index in [0.717, 1.165) is 0 Å². The van der Waals surface area contributed by atoms with Crippen LogP contribution in [0, 0.1) is 0 Å². The Morgan fingerprint density at radius 1 is 1.26 bits per heavy atom. The van der Waals surface area contributed by atoms with Crippen molar-refractivity contribution in [1.82, 2.24) is 19.5 Å². The zero-order valence-electron chi connectivity index (χ0n) is 19.4. The highest BCUT2D eigenvalue weighted by molar-refractivity contribution is 6.34. The second kappa shape index (κ2) is 8.94. The molecule has 0 spiro atoms. The Labute approximate surface area is 207 Å². The normalized spacial score (nSPS) is 24.9. The zero-order chi connectivity index (χ0) is 24.7. The fourth-order valence-corrected chi connectivity index (χ4v) is 5.20. The second-order valence-electron chi connectivity index (χ2n) is 9.12. The number of nitrogens with two attached hydrogens (primary N) is 1. The van der Waals surface area contributed by atoms with Crippen molar-refractivity contribution in [2.75, 3.05) is 11.9 Å². The van der Waals surface area contributed by atoms with Gasteiger partial charge in [0.1, 0.15) is 0 Å². The topological polar surface area (TPSA) is 127 Å². The van der Waals surface area contributed by atoms with Gasteiger partial charge in [-0.2, -0.15) is 0 Å². The Hall–Kier alpha value is -3.50. The molecule has 2 aliphatic heterocycles. The Balaban J connectivity index is 1.43. The summed E-state index contributed by atoms with van der Waals surface area (Å²) in [4.78, 5) is 32.5. The van der Waals surface area contributed by atoms with Crippen molar-refractivity contribution < 1.29 is 14.3 Å². The maximum absolute atomic E-state index is 13.2. The van der Waals surface area contributed by atoms with E-state index in [9.17, 15) is 9.59 Å². The summed E-state index contributed by atoms with van der Waals surface area (Å²) in [5, 5.41) is 11.1. The first-order chi connectivity index (χ1) is 16.8. The van der Waals surface area contributed by atoms with Gasteiger partial charge in [-0.1, -0.05) is 29.8 Å². The molecule has 10 nitrogen and oxygen atoms in total. The molecule has 2 aromatic heterocycles. The quantitative estimate of drug-likeness (QED) is 0.572. The number of hydrogen-bond donors (Lipinski definition) is 2. The van der Waals surface area contributed by atoms with E-state index in [1.165, 1.54) is 0 Å². The highest BCUT2D eigenvalue weighted by Crippen LogP contribution is 2.41. The molecule has 3 atom stereocenters. The zero-order valence-corrected chi connectivity index (χ0v) is 20.2. The van der Waals surface area contributed by atoms with E-state index in [1.807, 2.05) is 19.9 Å². The first kappa shape index (κ1) is 23.3. The third kappa shape index (κ3) is 4.23. The molecule has 3 aromatic rings. The summed E-state index contributed by atoms with van der Waals surface area (Å²) >= 11 is 6.75. The van der Waals surface area contributed by atoms with Gasteiger partial charge in [0, 0.05) is 24.4 Å². The van der Waals surface area contributed by atoms with Gasteiger partial charge in [0.2, 0.25) is 11.7 Å². The van der Waals surface area contributed by atoms with Crippen molar-refractivity contribution in [2.24, 2.45) is 10.7 Å².